The largest absolute Gasteiger partial charge is 0.423 e. The lowest BCUT2D eigenvalue weighted by molar-refractivity contribution is -0.383. The van der Waals surface area contributed by atoms with E-state index in [0.29, 0.717) is 29.0 Å². The van der Waals surface area contributed by atoms with Crippen molar-refractivity contribution in [1.29, 1.82) is 0 Å². The van der Waals surface area contributed by atoms with Gasteiger partial charge in [-0.1, -0.05) is 6.07 Å². The molecule has 1 N–H and O–H groups in total. The van der Waals surface area contributed by atoms with Gasteiger partial charge in [0, 0.05) is 32.2 Å². The minimum Gasteiger partial charge on any atom is -0.423 e. The van der Waals surface area contributed by atoms with Gasteiger partial charge in [0.25, 0.3) is 11.7 Å². The third-order valence-electron chi connectivity index (χ3n) is 4.24. The van der Waals surface area contributed by atoms with Crippen LogP contribution in [0.2, 0.25) is 0 Å². The van der Waals surface area contributed by atoms with Crippen molar-refractivity contribution in [2.24, 2.45) is 11.8 Å². The van der Waals surface area contributed by atoms with E-state index in [1.54, 1.807) is 12.1 Å². The number of anilines is 1. The Hall–Kier alpha value is -2.15. The van der Waals surface area contributed by atoms with Crippen LogP contribution in [-0.4, -0.2) is 36.1 Å². The average Bonchev–Trinajstić information content (AvgIpc) is 3.10. The van der Waals surface area contributed by atoms with Crippen molar-refractivity contribution in [2.45, 2.75) is 0 Å². The number of aromatic nitrogens is 1. The predicted octanol–water partition coefficient (Wildman–Crippen LogP) is 1.39. The van der Waals surface area contributed by atoms with Gasteiger partial charge in [-0.2, -0.15) is 4.98 Å². The molecule has 20 heavy (non-hydrogen) atoms. The monoisotopic (exact) mass is 274 g/mol. The van der Waals surface area contributed by atoms with Gasteiger partial charge in [0.05, 0.1) is 4.92 Å². The summed E-state index contributed by atoms with van der Waals surface area (Å²) in [5.74, 6) is 1.25. The fourth-order valence-electron chi connectivity index (χ4n) is 3.22. The van der Waals surface area contributed by atoms with Crippen LogP contribution in [0.25, 0.3) is 11.1 Å². The summed E-state index contributed by atoms with van der Waals surface area (Å²) in [6, 6.07) is 5.30. The van der Waals surface area contributed by atoms with Crippen molar-refractivity contribution in [1.82, 2.24) is 10.3 Å². The topological polar surface area (TPSA) is 84.4 Å². The highest BCUT2D eigenvalue weighted by molar-refractivity contribution is 5.84. The number of nitro benzene ring substituents is 1. The Bertz CT molecular complexity index is 671. The van der Waals surface area contributed by atoms with Crippen molar-refractivity contribution in [3.05, 3.63) is 28.3 Å². The van der Waals surface area contributed by atoms with Crippen LogP contribution in [0.1, 0.15) is 0 Å². The van der Waals surface area contributed by atoms with Crippen LogP contribution in [-0.2, 0) is 0 Å². The van der Waals surface area contributed by atoms with Gasteiger partial charge in [-0.3, -0.25) is 10.1 Å². The predicted molar refractivity (Wildman–Crippen MR) is 72.7 cm³/mol. The molecule has 7 heteroatoms. The zero-order valence-electron chi connectivity index (χ0n) is 10.8. The van der Waals surface area contributed by atoms with Crippen LogP contribution in [0, 0.1) is 22.0 Å². The summed E-state index contributed by atoms with van der Waals surface area (Å²) >= 11 is 0. The van der Waals surface area contributed by atoms with E-state index in [0.717, 1.165) is 26.2 Å². The molecule has 3 heterocycles. The molecule has 1 aromatic heterocycles. The summed E-state index contributed by atoms with van der Waals surface area (Å²) in [5, 5.41) is 14.4. The molecule has 104 valence electrons. The number of rotatable bonds is 2. The van der Waals surface area contributed by atoms with Crippen molar-refractivity contribution in [3.8, 4) is 0 Å². The highest BCUT2D eigenvalue weighted by atomic mass is 16.6. The lowest BCUT2D eigenvalue weighted by Gasteiger charge is -2.13. The Morgan fingerprint density at radius 2 is 2.10 bits per heavy atom. The number of nitrogens with one attached hydrogen (secondary N) is 1. The molecule has 2 aliphatic rings. The van der Waals surface area contributed by atoms with Crippen molar-refractivity contribution < 1.29 is 9.34 Å². The number of fused-ring (bicyclic) bond motifs is 2. The Labute approximate surface area is 114 Å². The highest BCUT2D eigenvalue weighted by Crippen LogP contribution is 2.33. The van der Waals surface area contributed by atoms with Gasteiger partial charge in [-0.25, -0.2) is 0 Å². The minimum absolute atomic E-state index is 0.00134. The van der Waals surface area contributed by atoms with Gasteiger partial charge in [0.1, 0.15) is 0 Å². The van der Waals surface area contributed by atoms with E-state index in [2.05, 4.69) is 15.2 Å². The number of para-hydroxylation sites is 1. The average molecular weight is 274 g/mol. The SMILES string of the molecule is O=[N+]([O-])c1cccc2oc(N3C[C@H]4CNC[C@H]4C3)nc12. The lowest BCUT2D eigenvalue weighted by atomic mass is 10.0. The van der Waals surface area contributed by atoms with E-state index in [9.17, 15) is 10.1 Å². The zero-order chi connectivity index (χ0) is 13.7. The number of non-ortho nitro benzene ring substituents is 1. The second-order valence-electron chi connectivity index (χ2n) is 5.46. The molecule has 0 aliphatic carbocycles. The lowest BCUT2D eigenvalue weighted by Crippen LogP contribution is -2.25. The smallest absolute Gasteiger partial charge is 0.298 e. The molecular weight excluding hydrogens is 260 g/mol. The maximum Gasteiger partial charge on any atom is 0.298 e. The van der Waals surface area contributed by atoms with Crippen LogP contribution in [0.15, 0.2) is 22.6 Å². The molecule has 2 atom stereocenters. The summed E-state index contributed by atoms with van der Waals surface area (Å²) in [7, 11) is 0. The minimum atomic E-state index is -0.419. The van der Waals surface area contributed by atoms with Crippen molar-refractivity contribution in [2.75, 3.05) is 31.1 Å². The van der Waals surface area contributed by atoms with Crippen molar-refractivity contribution >= 4 is 22.8 Å². The summed E-state index contributed by atoms with van der Waals surface area (Å²) in [4.78, 5) is 17.0. The first kappa shape index (κ1) is 11.7. The molecule has 2 fully saturated rings. The Balaban J connectivity index is 1.71. The van der Waals surface area contributed by atoms with Crippen molar-refractivity contribution in [3.63, 3.8) is 0 Å². The van der Waals surface area contributed by atoms with E-state index < -0.39 is 4.92 Å². The molecule has 0 bridgehead atoms. The normalized spacial score (nSPS) is 25.3. The van der Waals surface area contributed by atoms with E-state index in [-0.39, 0.29) is 5.69 Å². The van der Waals surface area contributed by atoms with E-state index in [1.807, 2.05) is 0 Å². The molecule has 0 amide bonds. The molecule has 2 aliphatic heterocycles. The second-order valence-corrected chi connectivity index (χ2v) is 5.46. The second kappa shape index (κ2) is 4.17. The molecule has 0 spiro atoms. The molecule has 2 saturated heterocycles. The maximum atomic E-state index is 11.0. The van der Waals surface area contributed by atoms with E-state index in [4.69, 9.17) is 4.42 Å². The molecule has 0 unspecified atom stereocenters. The van der Waals surface area contributed by atoms with Crippen LogP contribution >= 0.6 is 0 Å². The number of hydrogen-bond donors (Lipinski definition) is 1. The Morgan fingerprint density at radius 1 is 1.35 bits per heavy atom. The molecule has 0 saturated carbocycles. The van der Waals surface area contributed by atoms with Crippen LogP contribution in [0.4, 0.5) is 11.7 Å². The molecule has 1 aromatic carbocycles. The van der Waals surface area contributed by atoms with Gasteiger partial charge in [0.15, 0.2) is 11.1 Å². The summed E-state index contributed by atoms with van der Waals surface area (Å²) in [6.45, 7) is 3.86. The third-order valence-corrected chi connectivity index (χ3v) is 4.24. The van der Waals surface area contributed by atoms with Gasteiger partial charge in [-0.15, -0.1) is 0 Å². The van der Waals surface area contributed by atoms with Gasteiger partial charge >= 0.3 is 0 Å². The number of nitrogens with zero attached hydrogens (tertiary/aromatic N) is 3. The third kappa shape index (κ3) is 1.66. The number of benzene rings is 1. The van der Waals surface area contributed by atoms with E-state index in [1.165, 1.54) is 6.07 Å². The number of oxazole rings is 1. The molecular formula is C13H14N4O3. The van der Waals surface area contributed by atoms with E-state index >= 15 is 0 Å². The summed E-state index contributed by atoms with van der Waals surface area (Å²) in [5.41, 5.74) is 0.811. The first-order valence-corrected chi connectivity index (χ1v) is 6.72. The standard InChI is InChI=1S/C13H14N4O3/c18-17(19)10-2-1-3-11-12(10)15-13(20-11)16-6-8-4-14-5-9(8)7-16/h1-3,8-9,14H,4-7H2/t8-,9+. The fraction of sp³-hybridized carbons (Fsp3) is 0.462. The van der Waals surface area contributed by atoms with Gasteiger partial charge in [0.2, 0.25) is 0 Å². The van der Waals surface area contributed by atoms with Crippen LogP contribution < -0.4 is 10.2 Å². The maximum absolute atomic E-state index is 11.0. The van der Waals surface area contributed by atoms with Gasteiger partial charge < -0.3 is 14.6 Å². The zero-order valence-corrected chi connectivity index (χ0v) is 10.8. The van der Waals surface area contributed by atoms with Gasteiger partial charge in [-0.05, 0) is 17.9 Å². The molecule has 2 aromatic rings. The Kier molecular flexibility index (Phi) is 2.43. The van der Waals surface area contributed by atoms with Crippen LogP contribution in [0.5, 0.6) is 0 Å². The molecule has 4 rings (SSSR count). The molecule has 7 nitrogen and oxygen atoms in total. The molecule has 0 radical (unpaired) electrons. The first-order chi connectivity index (χ1) is 9.72. The Morgan fingerprint density at radius 3 is 2.80 bits per heavy atom. The summed E-state index contributed by atoms with van der Waals surface area (Å²) in [6.07, 6.45) is 0. The summed E-state index contributed by atoms with van der Waals surface area (Å²) < 4.78 is 5.70. The highest BCUT2D eigenvalue weighted by Gasteiger charge is 2.38. The number of nitro groups is 1. The fourth-order valence-corrected chi connectivity index (χ4v) is 3.22. The quantitative estimate of drug-likeness (QED) is 0.658. The number of hydrogen-bond acceptors (Lipinski definition) is 6. The van der Waals surface area contributed by atoms with Crippen LogP contribution in [0.3, 0.4) is 0 Å². The first-order valence-electron chi connectivity index (χ1n) is 6.72.